The van der Waals surface area contributed by atoms with Crippen molar-refractivity contribution in [1.82, 2.24) is 15.1 Å². The summed E-state index contributed by atoms with van der Waals surface area (Å²) in [7, 11) is 1.66. The maximum absolute atomic E-state index is 12.5. The van der Waals surface area contributed by atoms with E-state index in [1.807, 2.05) is 41.2 Å². The highest BCUT2D eigenvalue weighted by atomic mass is 16.5. The molecule has 0 radical (unpaired) electrons. The summed E-state index contributed by atoms with van der Waals surface area (Å²) in [6, 6.07) is 9.84. The summed E-state index contributed by atoms with van der Waals surface area (Å²) < 4.78 is 7.21. The molecular weight excluding hydrogens is 304 g/mol. The van der Waals surface area contributed by atoms with Crippen LogP contribution in [0.4, 0.5) is 0 Å². The number of nitrogens with zero attached hydrogens (tertiary/aromatic N) is 2. The van der Waals surface area contributed by atoms with Crippen LogP contribution in [0.3, 0.4) is 0 Å². The van der Waals surface area contributed by atoms with Gasteiger partial charge in [0.15, 0.2) is 0 Å². The summed E-state index contributed by atoms with van der Waals surface area (Å²) >= 11 is 0. The normalized spacial score (nSPS) is 23.8. The van der Waals surface area contributed by atoms with Gasteiger partial charge in [-0.05, 0) is 37.0 Å². The molecule has 1 saturated carbocycles. The first-order valence-electron chi connectivity index (χ1n) is 8.33. The number of benzene rings is 1. The van der Waals surface area contributed by atoms with Crippen LogP contribution in [0.1, 0.15) is 24.8 Å². The van der Waals surface area contributed by atoms with Gasteiger partial charge >= 0.3 is 0 Å². The van der Waals surface area contributed by atoms with Gasteiger partial charge in [-0.2, -0.15) is 5.10 Å². The van der Waals surface area contributed by atoms with Crippen molar-refractivity contribution < 1.29 is 9.53 Å². The monoisotopic (exact) mass is 328 g/mol. The summed E-state index contributed by atoms with van der Waals surface area (Å²) in [4.78, 5) is 12.5. The summed E-state index contributed by atoms with van der Waals surface area (Å²) in [5.74, 6) is 0.0332. The summed E-state index contributed by atoms with van der Waals surface area (Å²) in [6.07, 6.45) is 5.92. The second-order valence-electron chi connectivity index (χ2n) is 6.25. The van der Waals surface area contributed by atoms with E-state index in [0.717, 1.165) is 24.1 Å². The summed E-state index contributed by atoms with van der Waals surface area (Å²) in [6.45, 7) is 0.481. The van der Waals surface area contributed by atoms with Crippen LogP contribution in [-0.4, -0.2) is 34.9 Å². The molecule has 3 atom stereocenters. The minimum Gasteiger partial charge on any atom is -0.380 e. The van der Waals surface area contributed by atoms with Crippen molar-refractivity contribution in [2.75, 3.05) is 7.11 Å². The predicted octanol–water partition coefficient (Wildman–Crippen LogP) is 1.63. The molecule has 1 aromatic carbocycles. The Kier molecular flexibility index (Phi) is 5.27. The Balaban J connectivity index is 1.63. The fourth-order valence-corrected chi connectivity index (χ4v) is 3.28. The van der Waals surface area contributed by atoms with Crippen LogP contribution in [0.2, 0.25) is 0 Å². The maximum Gasteiger partial charge on any atom is 0.223 e. The number of ether oxygens (including phenoxy) is 1. The zero-order valence-corrected chi connectivity index (χ0v) is 13.9. The van der Waals surface area contributed by atoms with Gasteiger partial charge < -0.3 is 15.8 Å². The molecule has 0 spiro atoms. The molecular formula is C18H24N4O2. The molecule has 24 heavy (non-hydrogen) atoms. The predicted molar refractivity (Wildman–Crippen MR) is 91.5 cm³/mol. The average molecular weight is 328 g/mol. The van der Waals surface area contributed by atoms with Crippen LogP contribution in [0, 0.1) is 5.92 Å². The zero-order valence-electron chi connectivity index (χ0n) is 13.9. The molecule has 1 fully saturated rings. The van der Waals surface area contributed by atoms with Crippen molar-refractivity contribution in [2.45, 2.75) is 38.0 Å². The van der Waals surface area contributed by atoms with Crippen LogP contribution in [0.5, 0.6) is 0 Å². The molecule has 1 amide bonds. The van der Waals surface area contributed by atoms with Crippen LogP contribution in [0.25, 0.3) is 5.69 Å². The lowest BCUT2D eigenvalue weighted by Gasteiger charge is -2.32. The zero-order chi connectivity index (χ0) is 16.9. The molecule has 0 bridgehead atoms. The Labute approximate surface area is 142 Å². The molecule has 0 saturated heterocycles. The molecule has 0 unspecified atom stereocenters. The van der Waals surface area contributed by atoms with E-state index in [-0.39, 0.29) is 24.0 Å². The number of nitrogens with one attached hydrogen (secondary N) is 1. The third kappa shape index (κ3) is 3.66. The number of rotatable bonds is 5. The Hall–Kier alpha value is -2.18. The largest absolute Gasteiger partial charge is 0.380 e. The number of methoxy groups -OCH3 is 1. The van der Waals surface area contributed by atoms with Crippen molar-refractivity contribution in [3.8, 4) is 5.69 Å². The van der Waals surface area contributed by atoms with Gasteiger partial charge in [0.05, 0.1) is 11.8 Å². The van der Waals surface area contributed by atoms with E-state index in [1.54, 1.807) is 13.3 Å². The van der Waals surface area contributed by atoms with Crippen LogP contribution in [-0.2, 0) is 16.1 Å². The topological polar surface area (TPSA) is 82.2 Å². The Morgan fingerprint density at radius 2 is 2.21 bits per heavy atom. The lowest BCUT2D eigenvalue weighted by Crippen LogP contribution is -2.45. The standard InChI is InChI=1S/C18H24N4O2/c1-24-17-11-13(7-8-15(17)19)18(23)20-12-14-5-2-3-6-16(14)22-10-4-9-21-22/h2-6,9-10,13,15,17H,7-8,11-12,19H2,1H3,(H,20,23)/t13-,15-,17-/m0/s1. The SMILES string of the molecule is CO[C@H]1C[C@@H](C(=O)NCc2ccccc2-n2cccn2)CC[C@@H]1N. The minimum absolute atomic E-state index is 0.0274. The molecule has 1 aliphatic rings. The second-order valence-corrected chi connectivity index (χ2v) is 6.25. The number of aromatic nitrogens is 2. The third-order valence-corrected chi connectivity index (χ3v) is 4.71. The molecule has 1 aliphatic carbocycles. The highest BCUT2D eigenvalue weighted by molar-refractivity contribution is 5.78. The van der Waals surface area contributed by atoms with Gasteiger partial charge in [0.2, 0.25) is 5.91 Å². The molecule has 1 heterocycles. The smallest absolute Gasteiger partial charge is 0.223 e. The van der Waals surface area contributed by atoms with E-state index in [1.165, 1.54) is 0 Å². The van der Waals surface area contributed by atoms with Crippen LogP contribution < -0.4 is 11.1 Å². The van der Waals surface area contributed by atoms with Crippen molar-refractivity contribution in [3.05, 3.63) is 48.3 Å². The lowest BCUT2D eigenvalue weighted by atomic mass is 9.83. The number of amides is 1. The van der Waals surface area contributed by atoms with Gasteiger partial charge in [0.1, 0.15) is 0 Å². The minimum atomic E-state index is -0.0362. The number of para-hydroxylation sites is 1. The van der Waals surface area contributed by atoms with Gasteiger partial charge in [-0.15, -0.1) is 0 Å². The summed E-state index contributed by atoms with van der Waals surface area (Å²) in [5.41, 5.74) is 8.03. The highest BCUT2D eigenvalue weighted by Gasteiger charge is 2.31. The van der Waals surface area contributed by atoms with Crippen LogP contribution in [0.15, 0.2) is 42.7 Å². The van der Waals surface area contributed by atoms with E-state index in [4.69, 9.17) is 10.5 Å². The Morgan fingerprint density at radius 1 is 1.38 bits per heavy atom. The van der Waals surface area contributed by atoms with E-state index < -0.39 is 0 Å². The second kappa shape index (κ2) is 7.59. The Bertz CT molecular complexity index is 671. The van der Waals surface area contributed by atoms with Crippen molar-refractivity contribution >= 4 is 5.91 Å². The summed E-state index contributed by atoms with van der Waals surface area (Å²) in [5, 5.41) is 7.32. The van der Waals surface area contributed by atoms with E-state index in [0.29, 0.717) is 13.0 Å². The van der Waals surface area contributed by atoms with Crippen molar-refractivity contribution in [1.29, 1.82) is 0 Å². The third-order valence-electron chi connectivity index (χ3n) is 4.71. The average Bonchev–Trinajstić information content (AvgIpc) is 3.15. The first-order chi connectivity index (χ1) is 11.7. The first kappa shape index (κ1) is 16.7. The molecule has 1 aromatic heterocycles. The molecule has 2 aromatic rings. The van der Waals surface area contributed by atoms with E-state index in [9.17, 15) is 4.79 Å². The number of hydrogen-bond acceptors (Lipinski definition) is 4. The number of carbonyl (C=O) groups excluding carboxylic acids is 1. The van der Waals surface area contributed by atoms with Gasteiger partial charge in [0.25, 0.3) is 0 Å². The fraction of sp³-hybridized carbons (Fsp3) is 0.444. The molecule has 3 rings (SSSR count). The number of carbonyl (C=O) groups is 1. The maximum atomic E-state index is 12.5. The number of nitrogens with two attached hydrogens (primary N) is 1. The lowest BCUT2D eigenvalue weighted by molar-refractivity contribution is -0.128. The van der Waals surface area contributed by atoms with Gasteiger partial charge in [0, 0.05) is 38.0 Å². The van der Waals surface area contributed by atoms with E-state index in [2.05, 4.69) is 10.4 Å². The fourth-order valence-electron chi connectivity index (χ4n) is 3.28. The molecule has 3 N–H and O–H groups in total. The van der Waals surface area contributed by atoms with Crippen molar-refractivity contribution in [2.24, 2.45) is 11.7 Å². The first-order valence-corrected chi connectivity index (χ1v) is 8.33. The van der Waals surface area contributed by atoms with Crippen LogP contribution >= 0.6 is 0 Å². The highest BCUT2D eigenvalue weighted by Crippen LogP contribution is 2.25. The van der Waals surface area contributed by atoms with Crippen molar-refractivity contribution in [3.63, 3.8) is 0 Å². The molecule has 6 heteroatoms. The number of hydrogen-bond donors (Lipinski definition) is 2. The van der Waals surface area contributed by atoms with Gasteiger partial charge in [-0.3, -0.25) is 4.79 Å². The van der Waals surface area contributed by atoms with Gasteiger partial charge in [-0.1, -0.05) is 18.2 Å². The molecule has 0 aliphatic heterocycles. The quantitative estimate of drug-likeness (QED) is 0.874. The van der Waals surface area contributed by atoms with Gasteiger partial charge in [-0.25, -0.2) is 4.68 Å². The van der Waals surface area contributed by atoms with E-state index >= 15 is 0 Å². The Morgan fingerprint density at radius 3 is 2.96 bits per heavy atom. The molecule has 6 nitrogen and oxygen atoms in total. The molecule has 128 valence electrons.